The molecule has 0 bridgehead atoms. The van der Waals surface area contributed by atoms with Gasteiger partial charge in [0, 0.05) is 45.5 Å². The van der Waals surface area contributed by atoms with Crippen molar-refractivity contribution in [3.8, 4) is 11.3 Å². The molecule has 1 unspecified atom stereocenters. The molecule has 0 radical (unpaired) electrons. The largest absolute Gasteiger partial charge is 0.471 e. The molecule has 1 saturated carbocycles. The van der Waals surface area contributed by atoms with Crippen molar-refractivity contribution >= 4 is 16.8 Å². The second kappa shape index (κ2) is 9.04. The maximum Gasteiger partial charge on any atom is 0.268 e. The summed E-state index contributed by atoms with van der Waals surface area (Å²) >= 11 is 0. The fourth-order valence-electron chi connectivity index (χ4n) is 5.76. The molecule has 1 aromatic carbocycles. The number of nitrogens with zero attached hydrogens (tertiary/aromatic N) is 2. The van der Waals surface area contributed by atoms with Gasteiger partial charge in [-0.2, -0.15) is 0 Å². The topological polar surface area (TPSA) is 110 Å². The van der Waals surface area contributed by atoms with Gasteiger partial charge in [0.05, 0.1) is 5.69 Å². The number of aromatic amines is 1. The lowest BCUT2D eigenvalue weighted by Gasteiger charge is -2.38. The number of ether oxygens (including phenoxy) is 1. The maximum atomic E-state index is 12.3. The van der Waals surface area contributed by atoms with Crippen LogP contribution in [-0.4, -0.2) is 32.9 Å². The molecule has 5 rings (SSSR count). The van der Waals surface area contributed by atoms with Crippen molar-refractivity contribution in [3.63, 3.8) is 0 Å². The summed E-state index contributed by atoms with van der Waals surface area (Å²) < 4.78 is 6.09. The van der Waals surface area contributed by atoms with Crippen molar-refractivity contribution in [1.82, 2.24) is 14.9 Å². The molecule has 2 aromatic heterocycles. The van der Waals surface area contributed by atoms with Crippen LogP contribution < -0.4 is 11.5 Å². The Morgan fingerprint density at radius 2 is 1.80 bits per heavy atom. The van der Waals surface area contributed by atoms with Crippen molar-refractivity contribution in [1.29, 1.82) is 0 Å². The van der Waals surface area contributed by atoms with Crippen LogP contribution in [0.3, 0.4) is 0 Å². The van der Waals surface area contributed by atoms with Crippen molar-refractivity contribution in [2.75, 3.05) is 0 Å². The first kappa shape index (κ1) is 23.4. The number of rotatable bonds is 5. The number of aromatic nitrogens is 2. The van der Waals surface area contributed by atoms with Crippen LogP contribution in [0, 0.1) is 13.8 Å². The molecule has 3 aromatic rings. The summed E-state index contributed by atoms with van der Waals surface area (Å²) in [6.45, 7) is 8.49. The molecular formula is C28H35N5O2. The van der Waals surface area contributed by atoms with E-state index in [1.54, 1.807) is 0 Å². The fraction of sp³-hybridized carbons (Fsp3) is 0.429. The number of primary amides is 1. The lowest BCUT2D eigenvalue weighted by molar-refractivity contribution is -0.117. The SMILES string of the molecule is Cc1cc(-c2[nH]c3ccc(C4OC=C(C(N)=O)N4C4CCC(N)CC4)cc3c2C(C)C)cc(C)n1. The number of aryl methyl sites for hydroxylation is 2. The maximum absolute atomic E-state index is 12.3. The lowest BCUT2D eigenvalue weighted by Crippen LogP contribution is -2.43. The third-order valence-corrected chi connectivity index (χ3v) is 7.32. The average Bonchev–Trinajstić information content (AvgIpc) is 3.41. The number of nitrogens with two attached hydrogens (primary N) is 2. The third-order valence-electron chi connectivity index (χ3n) is 7.32. The van der Waals surface area contributed by atoms with Crippen molar-refractivity contribution in [2.24, 2.45) is 11.5 Å². The van der Waals surface area contributed by atoms with E-state index in [1.165, 1.54) is 17.2 Å². The number of hydrogen-bond donors (Lipinski definition) is 3. The van der Waals surface area contributed by atoms with Gasteiger partial charge in [-0.25, -0.2) is 0 Å². The number of fused-ring (bicyclic) bond motifs is 1. The average molecular weight is 474 g/mol. The molecular weight excluding hydrogens is 438 g/mol. The Kier molecular flexibility index (Phi) is 6.05. The van der Waals surface area contributed by atoms with Gasteiger partial charge in [0.25, 0.3) is 5.91 Å². The number of pyridine rings is 1. The highest BCUT2D eigenvalue weighted by Crippen LogP contribution is 2.41. The highest BCUT2D eigenvalue weighted by molar-refractivity contribution is 5.93. The zero-order valence-electron chi connectivity index (χ0n) is 21.0. The first-order valence-corrected chi connectivity index (χ1v) is 12.5. The molecule has 1 aliphatic heterocycles. The van der Waals surface area contributed by atoms with Crippen molar-refractivity contribution in [2.45, 2.75) is 77.6 Å². The smallest absolute Gasteiger partial charge is 0.268 e. The Balaban J connectivity index is 1.58. The van der Waals surface area contributed by atoms with Crippen LogP contribution in [0.2, 0.25) is 0 Å². The Bertz CT molecular complexity index is 1280. The fourth-order valence-corrected chi connectivity index (χ4v) is 5.76. The highest BCUT2D eigenvalue weighted by Gasteiger charge is 2.38. The molecule has 184 valence electrons. The summed E-state index contributed by atoms with van der Waals surface area (Å²) in [6, 6.07) is 11.0. The van der Waals surface area contributed by atoms with E-state index in [0.29, 0.717) is 11.6 Å². The van der Waals surface area contributed by atoms with Crippen LogP contribution >= 0.6 is 0 Å². The molecule has 1 aliphatic carbocycles. The Hall–Kier alpha value is -3.32. The van der Waals surface area contributed by atoms with E-state index < -0.39 is 5.91 Å². The lowest BCUT2D eigenvalue weighted by atomic mass is 9.89. The monoisotopic (exact) mass is 473 g/mol. The predicted octanol–water partition coefficient (Wildman–Crippen LogP) is 4.90. The van der Waals surface area contributed by atoms with E-state index in [0.717, 1.165) is 59.4 Å². The number of hydrogen-bond acceptors (Lipinski definition) is 5. The molecule has 1 amide bonds. The summed E-state index contributed by atoms with van der Waals surface area (Å²) in [5.41, 5.74) is 20.0. The molecule has 1 fully saturated rings. The normalized spacial score (nSPS) is 22.5. The molecule has 35 heavy (non-hydrogen) atoms. The molecule has 3 heterocycles. The van der Waals surface area contributed by atoms with Gasteiger partial charge in [0.1, 0.15) is 12.0 Å². The van der Waals surface area contributed by atoms with Gasteiger partial charge in [0.15, 0.2) is 6.23 Å². The molecule has 2 aliphatic rings. The number of benzene rings is 1. The van der Waals surface area contributed by atoms with Gasteiger partial charge in [0.2, 0.25) is 0 Å². The second-order valence-corrected chi connectivity index (χ2v) is 10.3. The van der Waals surface area contributed by atoms with E-state index in [-0.39, 0.29) is 18.3 Å². The molecule has 7 nitrogen and oxygen atoms in total. The summed E-state index contributed by atoms with van der Waals surface area (Å²) in [5, 5.41) is 1.17. The van der Waals surface area contributed by atoms with Gasteiger partial charge < -0.3 is 26.1 Å². The Morgan fingerprint density at radius 3 is 2.43 bits per heavy atom. The van der Waals surface area contributed by atoms with Gasteiger partial charge in [-0.05, 0) is 75.3 Å². The minimum absolute atomic E-state index is 0.172. The quantitative estimate of drug-likeness (QED) is 0.488. The summed E-state index contributed by atoms with van der Waals surface area (Å²) in [7, 11) is 0. The van der Waals surface area contributed by atoms with Crippen LogP contribution in [0.1, 0.15) is 74.2 Å². The Labute approximate surface area is 206 Å². The number of carbonyl (C=O) groups excluding carboxylic acids is 1. The van der Waals surface area contributed by atoms with E-state index in [9.17, 15) is 4.79 Å². The standard InChI is InChI=1S/C28H35N5O2/c1-15(2)25-22-13-18(5-10-23(22)32-26(25)19-11-16(3)31-17(4)12-19)28-33(24(14-35-28)27(30)34)21-8-6-20(29)7-9-21/h5,10-15,20-21,28,32H,6-9,29H2,1-4H3,(H2,30,34). The van der Waals surface area contributed by atoms with Crippen LogP contribution in [0.15, 0.2) is 42.3 Å². The summed E-state index contributed by atoms with van der Waals surface area (Å²) in [6.07, 6.45) is 4.84. The van der Waals surface area contributed by atoms with E-state index in [2.05, 4.69) is 59.0 Å². The van der Waals surface area contributed by atoms with Crippen LogP contribution in [0.25, 0.3) is 22.2 Å². The van der Waals surface area contributed by atoms with Gasteiger partial charge >= 0.3 is 0 Å². The third kappa shape index (κ3) is 4.29. The molecule has 0 spiro atoms. The van der Waals surface area contributed by atoms with Crippen LogP contribution in [0.5, 0.6) is 0 Å². The van der Waals surface area contributed by atoms with Crippen LogP contribution in [-0.2, 0) is 9.53 Å². The molecule has 0 saturated heterocycles. The number of nitrogens with one attached hydrogen (secondary N) is 1. The minimum Gasteiger partial charge on any atom is -0.471 e. The van der Waals surface area contributed by atoms with E-state index in [4.69, 9.17) is 16.2 Å². The van der Waals surface area contributed by atoms with Crippen molar-refractivity contribution < 1.29 is 9.53 Å². The zero-order valence-corrected chi connectivity index (χ0v) is 21.0. The minimum atomic E-state index is -0.460. The number of amides is 1. The van der Waals surface area contributed by atoms with Gasteiger partial charge in [-0.3, -0.25) is 9.78 Å². The van der Waals surface area contributed by atoms with Gasteiger partial charge in [-0.1, -0.05) is 19.9 Å². The zero-order chi connectivity index (χ0) is 24.9. The van der Waals surface area contributed by atoms with E-state index in [1.807, 2.05) is 13.8 Å². The summed E-state index contributed by atoms with van der Waals surface area (Å²) in [5.74, 6) is -0.152. The predicted molar refractivity (Wildman–Crippen MR) is 138 cm³/mol. The van der Waals surface area contributed by atoms with E-state index >= 15 is 0 Å². The second-order valence-electron chi connectivity index (χ2n) is 10.3. The van der Waals surface area contributed by atoms with Crippen molar-refractivity contribution in [3.05, 3.63) is 64.8 Å². The summed E-state index contributed by atoms with van der Waals surface area (Å²) in [4.78, 5) is 22.5. The molecule has 7 heteroatoms. The first-order valence-electron chi connectivity index (χ1n) is 12.5. The molecule has 5 N–H and O–H groups in total. The highest BCUT2D eigenvalue weighted by atomic mass is 16.5. The molecule has 1 atom stereocenters. The number of H-pyrrole nitrogens is 1. The number of carbonyl (C=O) groups is 1. The Morgan fingerprint density at radius 1 is 1.11 bits per heavy atom. The van der Waals surface area contributed by atoms with Crippen LogP contribution in [0.4, 0.5) is 0 Å². The first-order chi connectivity index (χ1) is 16.7. The van der Waals surface area contributed by atoms with Gasteiger partial charge in [-0.15, -0.1) is 0 Å².